The van der Waals surface area contributed by atoms with Gasteiger partial charge in [-0.2, -0.15) is 0 Å². The summed E-state index contributed by atoms with van der Waals surface area (Å²) in [5, 5.41) is 2.93. The maximum absolute atomic E-state index is 12.4. The number of ether oxygens (including phenoxy) is 2. The number of methoxy groups -OCH3 is 2. The van der Waals surface area contributed by atoms with E-state index in [1.54, 1.807) is 26.4 Å². The Morgan fingerprint density at radius 3 is 2.41 bits per heavy atom. The molecule has 27 heavy (non-hydrogen) atoms. The second-order valence-corrected chi connectivity index (χ2v) is 6.64. The van der Waals surface area contributed by atoms with E-state index < -0.39 is 0 Å². The predicted octanol–water partition coefficient (Wildman–Crippen LogP) is 4.16. The van der Waals surface area contributed by atoms with Crippen LogP contribution in [0, 0.1) is 13.8 Å². The Balaban J connectivity index is 1.99. The molecule has 0 aliphatic heterocycles. The molecule has 0 bridgehead atoms. The van der Waals surface area contributed by atoms with Crippen LogP contribution >= 0.6 is 0 Å². The van der Waals surface area contributed by atoms with E-state index in [9.17, 15) is 9.59 Å². The van der Waals surface area contributed by atoms with Gasteiger partial charge in [-0.25, -0.2) is 0 Å². The number of amides is 1. The second-order valence-electron chi connectivity index (χ2n) is 6.64. The van der Waals surface area contributed by atoms with Gasteiger partial charge in [0.05, 0.1) is 20.3 Å². The van der Waals surface area contributed by atoms with Gasteiger partial charge in [-0.3, -0.25) is 9.59 Å². The summed E-state index contributed by atoms with van der Waals surface area (Å²) in [6, 6.07) is 11.0. The minimum absolute atomic E-state index is 0.0158. The molecular weight excluding hydrogens is 342 g/mol. The van der Waals surface area contributed by atoms with Gasteiger partial charge in [0, 0.05) is 24.0 Å². The van der Waals surface area contributed by atoms with Crippen LogP contribution < -0.4 is 14.8 Å². The monoisotopic (exact) mass is 369 g/mol. The summed E-state index contributed by atoms with van der Waals surface area (Å²) >= 11 is 0. The van der Waals surface area contributed by atoms with Crippen molar-refractivity contribution in [1.29, 1.82) is 0 Å². The molecule has 5 heteroatoms. The number of hydrogen-bond acceptors (Lipinski definition) is 4. The van der Waals surface area contributed by atoms with Crippen LogP contribution in [0.25, 0.3) is 0 Å². The van der Waals surface area contributed by atoms with Gasteiger partial charge >= 0.3 is 0 Å². The largest absolute Gasteiger partial charge is 0.497 e. The highest BCUT2D eigenvalue weighted by Gasteiger charge is 2.17. The van der Waals surface area contributed by atoms with Gasteiger partial charge in [0.15, 0.2) is 5.78 Å². The lowest BCUT2D eigenvalue weighted by molar-refractivity contribution is -0.121. The number of carbonyl (C=O) groups is 2. The molecule has 5 nitrogen and oxygen atoms in total. The Labute approximate surface area is 160 Å². The first-order valence-corrected chi connectivity index (χ1v) is 8.97. The van der Waals surface area contributed by atoms with Crippen LogP contribution in [0.1, 0.15) is 52.9 Å². The number of ketones is 1. The average Bonchev–Trinajstić information content (AvgIpc) is 2.67. The van der Waals surface area contributed by atoms with E-state index in [0.29, 0.717) is 17.1 Å². The van der Waals surface area contributed by atoms with Crippen LogP contribution in [0.2, 0.25) is 0 Å². The summed E-state index contributed by atoms with van der Waals surface area (Å²) in [5.41, 5.74) is 3.48. The SMILES string of the molecule is COc1ccc(OC)c([C@H](C)NC(=O)CCC(=O)c2cc(C)ccc2C)c1. The highest BCUT2D eigenvalue weighted by Crippen LogP contribution is 2.29. The number of benzene rings is 2. The lowest BCUT2D eigenvalue weighted by Gasteiger charge is -2.18. The van der Waals surface area contributed by atoms with Gasteiger partial charge in [0.2, 0.25) is 5.91 Å². The zero-order valence-corrected chi connectivity index (χ0v) is 16.6. The number of carbonyl (C=O) groups excluding carboxylic acids is 2. The number of Topliss-reactive ketones (excluding diaryl/α,β-unsaturated/α-hetero) is 1. The van der Waals surface area contributed by atoms with E-state index >= 15 is 0 Å². The predicted molar refractivity (Wildman–Crippen MR) is 106 cm³/mol. The molecule has 1 atom stereocenters. The topological polar surface area (TPSA) is 64.6 Å². The fraction of sp³-hybridized carbons (Fsp3) is 0.364. The van der Waals surface area contributed by atoms with Crippen molar-refractivity contribution >= 4 is 11.7 Å². The molecule has 0 fully saturated rings. The van der Waals surface area contributed by atoms with E-state index in [0.717, 1.165) is 16.7 Å². The molecule has 0 spiro atoms. The van der Waals surface area contributed by atoms with E-state index in [2.05, 4.69) is 5.32 Å². The lowest BCUT2D eigenvalue weighted by Crippen LogP contribution is -2.27. The van der Waals surface area contributed by atoms with Crippen molar-refractivity contribution < 1.29 is 19.1 Å². The second kappa shape index (κ2) is 9.21. The smallest absolute Gasteiger partial charge is 0.220 e. The van der Waals surface area contributed by atoms with Gasteiger partial charge in [0.25, 0.3) is 0 Å². The molecule has 0 aromatic heterocycles. The highest BCUT2D eigenvalue weighted by molar-refractivity contribution is 5.99. The average molecular weight is 369 g/mol. The van der Waals surface area contributed by atoms with Crippen molar-refractivity contribution in [2.45, 2.75) is 39.7 Å². The maximum Gasteiger partial charge on any atom is 0.220 e. The van der Waals surface area contributed by atoms with Crippen LogP contribution in [0.4, 0.5) is 0 Å². The quantitative estimate of drug-likeness (QED) is 0.710. The van der Waals surface area contributed by atoms with E-state index in [1.165, 1.54) is 0 Å². The standard InChI is InChI=1S/C22H27NO4/c1-14-6-7-15(2)18(12-14)20(24)9-11-22(25)23-16(3)19-13-17(26-4)8-10-21(19)27-5/h6-8,10,12-13,16H,9,11H2,1-5H3,(H,23,25)/t16-/m0/s1. The summed E-state index contributed by atoms with van der Waals surface area (Å²) in [6.07, 6.45) is 0.320. The lowest BCUT2D eigenvalue weighted by atomic mass is 9.99. The van der Waals surface area contributed by atoms with Crippen LogP contribution in [-0.2, 0) is 4.79 Å². The van der Waals surface area contributed by atoms with E-state index in [-0.39, 0.29) is 30.6 Å². The van der Waals surface area contributed by atoms with Gasteiger partial charge in [-0.15, -0.1) is 0 Å². The number of rotatable bonds is 8. The molecule has 0 radical (unpaired) electrons. The van der Waals surface area contributed by atoms with E-state index in [4.69, 9.17) is 9.47 Å². The first-order valence-electron chi connectivity index (χ1n) is 8.97. The van der Waals surface area contributed by atoms with Crippen molar-refractivity contribution in [3.05, 3.63) is 58.7 Å². The zero-order chi connectivity index (χ0) is 20.0. The van der Waals surface area contributed by atoms with E-state index in [1.807, 2.05) is 45.0 Å². The molecule has 0 aliphatic rings. The number of hydrogen-bond donors (Lipinski definition) is 1. The molecule has 0 saturated heterocycles. The summed E-state index contributed by atoms with van der Waals surface area (Å²) in [4.78, 5) is 24.8. The molecule has 0 saturated carbocycles. The molecule has 2 aromatic carbocycles. The van der Waals surface area contributed by atoms with Crippen LogP contribution in [0.3, 0.4) is 0 Å². The molecule has 144 valence electrons. The third kappa shape index (κ3) is 5.33. The van der Waals surface area contributed by atoms with Crippen molar-refractivity contribution in [2.24, 2.45) is 0 Å². The summed E-state index contributed by atoms with van der Waals surface area (Å²) in [5.74, 6) is 1.18. The minimum atomic E-state index is -0.265. The fourth-order valence-corrected chi connectivity index (χ4v) is 2.97. The first kappa shape index (κ1) is 20.5. The third-order valence-corrected chi connectivity index (χ3v) is 4.55. The Hall–Kier alpha value is -2.82. The molecule has 1 amide bonds. The Kier molecular flexibility index (Phi) is 6.99. The van der Waals surface area contributed by atoms with Crippen molar-refractivity contribution in [3.63, 3.8) is 0 Å². The maximum atomic E-state index is 12.4. The number of nitrogens with one attached hydrogen (secondary N) is 1. The van der Waals surface area contributed by atoms with Gasteiger partial charge < -0.3 is 14.8 Å². The molecule has 0 unspecified atom stereocenters. The highest BCUT2D eigenvalue weighted by atomic mass is 16.5. The van der Waals surface area contributed by atoms with Gasteiger partial charge in [0.1, 0.15) is 11.5 Å². The normalized spacial score (nSPS) is 11.6. The Morgan fingerprint density at radius 1 is 1.00 bits per heavy atom. The zero-order valence-electron chi connectivity index (χ0n) is 16.6. The van der Waals surface area contributed by atoms with Crippen molar-refractivity contribution in [1.82, 2.24) is 5.32 Å². The fourth-order valence-electron chi connectivity index (χ4n) is 2.97. The third-order valence-electron chi connectivity index (χ3n) is 4.55. The molecule has 0 heterocycles. The van der Waals surface area contributed by atoms with Crippen molar-refractivity contribution in [2.75, 3.05) is 14.2 Å². The van der Waals surface area contributed by atoms with Crippen LogP contribution in [-0.4, -0.2) is 25.9 Å². The summed E-state index contributed by atoms with van der Waals surface area (Å²) < 4.78 is 10.6. The van der Waals surface area contributed by atoms with Crippen LogP contribution in [0.15, 0.2) is 36.4 Å². The molecule has 1 N–H and O–H groups in total. The van der Waals surface area contributed by atoms with Gasteiger partial charge in [-0.1, -0.05) is 17.7 Å². The molecule has 2 rings (SSSR count). The molecule has 0 aliphatic carbocycles. The summed E-state index contributed by atoms with van der Waals surface area (Å²) in [6.45, 7) is 5.73. The molecular formula is C22H27NO4. The van der Waals surface area contributed by atoms with Crippen LogP contribution in [0.5, 0.6) is 11.5 Å². The first-order chi connectivity index (χ1) is 12.8. The summed E-state index contributed by atoms with van der Waals surface area (Å²) in [7, 11) is 3.18. The molecule has 2 aromatic rings. The minimum Gasteiger partial charge on any atom is -0.497 e. The Bertz CT molecular complexity index is 829. The van der Waals surface area contributed by atoms with Gasteiger partial charge in [-0.05, 0) is 50.6 Å². The number of aryl methyl sites for hydroxylation is 2. The Morgan fingerprint density at radius 2 is 1.74 bits per heavy atom. The van der Waals surface area contributed by atoms with Crippen molar-refractivity contribution in [3.8, 4) is 11.5 Å².